The van der Waals surface area contributed by atoms with Gasteiger partial charge in [-0.2, -0.15) is 0 Å². The van der Waals surface area contributed by atoms with Crippen molar-refractivity contribution >= 4 is 11.6 Å². The number of methoxy groups -OCH3 is 1. The Morgan fingerprint density at radius 1 is 1.06 bits per heavy atom. The zero-order chi connectivity index (χ0) is 12.4. The van der Waals surface area contributed by atoms with Gasteiger partial charge in [0.2, 0.25) is 0 Å². The highest BCUT2D eigenvalue weighted by molar-refractivity contribution is 6.31. The van der Waals surface area contributed by atoms with Crippen LogP contribution in [0, 0.1) is 12.7 Å². The van der Waals surface area contributed by atoms with Crippen molar-refractivity contribution in [3.8, 4) is 16.9 Å². The molecule has 0 spiro atoms. The Bertz CT molecular complexity index is 552. The van der Waals surface area contributed by atoms with Gasteiger partial charge in [0.25, 0.3) is 0 Å². The summed E-state index contributed by atoms with van der Waals surface area (Å²) in [5.41, 5.74) is 2.68. The predicted octanol–water partition coefficient (Wildman–Crippen LogP) is 4.46. The molecule has 2 rings (SSSR count). The maximum atomic E-state index is 13.6. The van der Waals surface area contributed by atoms with Crippen LogP contribution in [0.25, 0.3) is 11.1 Å². The van der Waals surface area contributed by atoms with E-state index in [9.17, 15) is 4.39 Å². The fraction of sp³-hybridized carbons (Fsp3) is 0.143. The maximum Gasteiger partial charge on any atom is 0.165 e. The molecule has 0 N–H and O–H groups in total. The highest BCUT2D eigenvalue weighted by atomic mass is 35.5. The number of hydrogen-bond donors (Lipinski definition) is 0. The number of benzene rings is 2. The van der Waals surface area contributed by atoms with E-state index in [-0.39, 0.29) is 11.6 Å². The van der Waals surface area contributed by atoms with Crippen molar-refractivity contribution in [2.45, 2.75) is 6.92 Å². The van der Waals surface area contributed by atoms with E-state index >= 15 is 0 Å². The molecule has 2 aromatic carbocycles. The fourth-order valence-corrected chi connectivity index (χ4v) is 1.80. The topological polar surface area (TPSA) is 9.23 Å². The van der Waals surface area contributed by atoms with Crippen molar-refractivity contribution < 1.29 is 9.13 Å². The second-order valence-corrected chi connectivity index (χ2v) is 4.22. The van der Waals surface area contributed by atoms with E-state index < -0.39 is 0 Å². The molecule has 0 aromatic heterocycles. The largest absolute Gasteiger partial charge is 0.494 e. The summed E-state index contributed by atoms with van der Waals surface area (Å²) in [4.78, 5) is 0. The Kier molecular flexibility index (Phi) is 3.34. The molecule has 0 unspecified atom stereocenters. The number of hydrogen-bond acceptors (Lipinski definition) is 1. The third kappa shape index (κ3) is 2.42. The lowest BCUT2D eigenvalue weighted by Gasteiger charge is -2.07. The summed E-state index contributed by atoms with van der Waals surface area (Å²) in [6, 6.07) is 10.5. The lowest BCUT2D eigenvalue weighted by molar-refractivity contribution is 0.386. The van der Waals surface area contributed by atoms with Crippen LogP contribution in [0.15, 0.2) is 36.4 Å². The molecule has 0 bridgehead atoms. The van der Waals surface area contributed by atoms with Crippen molar-refractivity contribution in [2.75, 3.05) is 7.11 Å². The van der Waals surface area contributed by atoms with Crippen LogP contribution in [-0.4, -0.2) is 7.11 Å². The summed E-state index contributed by atoms with van der Waals surface area (Å²) in [6.45, 7) is 1.93. The lowest BCUT2D eigenvalue weighted by atomic mass is 10.0. The molecule has 0 aliphatic rings. The van der Waals surface area contributed by atoms with Gasteiger partial charge in [0.1, 0.15) is 0 Å². The Labute approximate surface area is 105 Å². The van der Waals surface area contributed by atoms with Crippen molar-refractivity contribution in [3.63, 3.8) is 0 Å². The number of ether oxygens (including phenoxy) is 1. The monoisotopic (exact) mass is 250 g/mol. The molecule has 17 heavy (non-hydrogen) atoms. The molecule has 0 amide bonds. The van der Waals surface area contributed by atoms with Gasteiger partial charge in [0, 0.05) is 5.02 Å². The highest BCUT2D eigenvalue weighted by Crippen LogP contribution is 2.28. The quantitative estimate of drug-likeness (QED) is 0.765. The standard InChI is InChI=1S/C14H12ClFO/c1-9-3-4-10(7-12(9)15)11-5-6-14(17-2)13(16)8-11/h3-8H,1-2H3. The van der Waals surface area contributed by atoms with Gasteiger partial charge in [-0.15, -0.1) is 0 Å². The van der Waals surface area contributed by atoms with Crippen molar-refractivity contribution in [3.05, 3.63) is 52.8 Å². The molecular weight excluding hydrogens is 239 g/mol. The molecule has 0 radical (unpaired) electrons. The van der Waals surface area contributed by atoms with Crippen LogP contribution in [0.5, 0.6) is 5.75 Å². The molecule has 3 heteroatoms. The molecule has 2 aromatic rings. The van der Waals surface area contributed by atoms with Crippen LogP contribution in [0.2, 0.25) is 5.02 Å². The average molecular weight is 251 g/mol. The van der Waals surface area contributed by atoms with Gasteiger partial charge in [0.05, 0.1) is 7.11 Å². The van der Waals surface area contributed by atoms with Crippen LogP contribution in [-0.2, 0) is 0 Å². The van der Waals surface area contributed by atoms with Gasteiger partial charge in [-0.3, -0.25) is 0 Å². The normalized spacial score (nSPS) is 10.4. The van der Waals surface area contributed by atoms with Gasteiger partial charge >= 0.3 is 0 Å². The van der Waals surface area contributed by atoms with Gasteiger partial charge in [-0.1, -0.05) is 29.8 Å². The number of aryl methyl sites for hydroxylation is 1. The summed E-state index contributed by atoms with van der Waals surface area (Å²) in [5, 5.41) is 0.679. The minimum absolute atomic E-state index is 0.243. The molecule has 0 fully saturated rings. The summed E-state index contributed by atoms with van der Waals surface area (Å²) < 4.78 is 18.4. The predicted molar refractivity (Wildman–Crippen MR) is 68.1 cm³/mol. The van der Waals surface area contributed by atoms with Gasteiger partial charge in [-0.05, 0) is 41.8 Å². The van der Waals surface area contributed by atoms with Gasteiger partial charge in [0.15, 0.2) is 11.6 Å². The smallest absolute Gasteiger partial charge is 0.165 e. The van der Waals surface area contributed by atoms with Crippen molar-refractivity contribution in [2.24, 2.45) is 0 Å². The van der Waals surface area contributed by atoms with Crippen molar-refractivity contribution in [1.29, 1.82) is 0 Å². The highest BCUT2D eigenvalue weighted by Gasteiger charge is 2.06. The summed E-state index contributed by atoms with van der Waals surface area (Å²) in [6.07, 6.45) is 0. The Balaban J connectivity index is 2.46. The van der Waals surface area contributed by atoms with Gasteiger partial charge in [-0.25, -0.2) is 4.39 Å². The first-order chi connectivity index (χ1) is 8.11. The van der Waals surface area contributed by atoms with E-state index in [2.05, 4.69) is 0 Å². The van der Waals surface area contributed by atoms with E-state index in [1.54, 1.807) is 6.07 Å². The van der Waals surface area contributed by atoms with E-state index in [0.29, 0.717) is 5.02 Å². The summed E-state index contributed by atoms with van der Waals surface area (Å²) in [7, 11) is 1.45. The maximum absolute atomic E-state index is 13.6. The molecule has 0 saturated heterocycles. The van der Waals surface area contributed by atoms with E-state index in [1.807, 2.05) is 31.2 Å². The first kappa shape index (κ1) is 11.9. The molecule has 1 nitrogen and oxygen atoms in total. The lowest BCUT2D eigenvalue weighted by Crippen LogP contribution is -1.88. The minimum atomic E-state index is -0.373. The van der Waals surface area contributed by atoms with Crippen LogP contribution in [0.1, 0.15) is 5.56 Å². The van der Waals surface area contributed by atoms with Crippen molar-refractivity contribution in [1.82, 2.24) is 0 Å². The number of rotatable bonds is 2. The van der Waals surface area contributed by atoms with Crippen LogP contribution in [0.4, 0.5) is 4.39 Å². The zero-order valence-electron chi connectivity index (χ0n) is 9.63. The first-order valence-corrected chi connectivity index (χ1v) is 5.59. The molecule has 0 saturated carbocycles. The van der Waals surface area contributed by atoms with E-state index in [1.165, 1.54) is 13.2 Å². The molecule has 0 aliphatic carbocycles. The molecule has 0 heterocycles. The fourth-order valence-electron chi connectivity index (χ4n) is 1.62. The summed E-state index contributed by atoms with van der Waals surface area (Å²) >= 11 is 6.04. The Hall–Kier alpha value is -1.54. The zero-order valence-corrected chi connectivity index (χ0v) is 10.4. The minimum Gasteiger partial charge on any atom is -0.494 e. The van der Waals surface area contributed by atoms with Crippen LogP contribution in [0.3, 0.4) is 0 Å². The van der Waals surface area contributed by atoms with Gasteiger partial charge < -0.3 is 4.74 Å². The first-order valence-electron chi connectivity index (χ1n) is 5.22. The average Bonchev–Trinajstić information content (AvgIpc) is 2.32. The SMILES string of the molecule is COc1ccc(-c2ccc(C)c(Cl)c2)cc1F. The van der Waals surface area contributed by atoms with Crippen LogP contribution >= 0.6 is 11.6 Å². The van der Waals surface area contributed by atoms with Crippen LogP contribution < -0.4 is 4.74 Å². The molecule has 0 atom stereocenters. The molecular formula is C14H12ClFO. The molecule has 88 valence electrons. The Morgan fingerprint density at radius 3 is 2.29 bits per heavy atom. The summed E-state index contributed by atoms with van der Waals surface area (Å²) in [5.74, 6) is -0.131. The molecule has 0 aliphatic heterocycles. The second-order valence-electron chi connectivity index (χ2n) is 3.81. The van der Waals surface area contributed by atoms with E-state index in [0.717, 1.165) is 16.7 Å². The van der Waals surface area contributed by atoms with E-state index in [4.69, 9.17) is 16.3 Å². The third-order valence-electron chi connectivity index (χ3n) is 2.66. The third-order valence-corrected chi connectivity index (χ3v) is 3.06. The number of halogens is 2. The second kappa shape index (κ2) is 4.76. The Morgan fingerprint density at radius 2 is 1.71 bits per heavy atom.